The zero-order chi connectivity index (χ0) is 19.5. The highest BCUT2D eigenvalue weighted by Gasteiger charge is 2.52. The van der Waals surface area contributed by atoms with Gasteiger partial charge in [0.05, 0.1) is 5.60 Å². The van der Waals surface area contributed by atoms with E-state index in [-0.39, 0.29) is 37.4 Å². The molecule has 3 rings (SSSR count). The van der Waals surface area contributed by atoms with Crippen molar-refractivity contribution in [3.05, 3.63) is 17.0 Å². The molecule has 26 heavy (non-hydrogen) atoms. The van der Waals surface area contributed by atoms with Crippen LogP contribution in [0.3, 0.4) is 0 Å². The maximum Gasteiger partial charge on any atom is 0.435 e. The lowest BCUT2D eigenvalue weighted by Crippen LogP contribution is -2.46. The summed E-state index contributed by atoms with van der Waals surface area (Å²) >= 11 is 0. The fourth-order valence-electron chi connectivity index (χ4n) is 3.90. The smallest absolute Gasteiger partial charge is 0.382 e. The number of rotatable bonds is 4. The Kier molecular flexibility index (Phi) is 4.54. The molecule has 0 amide bonds. The quantitative estimate of drug-likeness (QED) is 0.793. The van der Waals surface area contributed by atoms with E-state index in [4.69, 9.17) is 0 Å². The molecule has 1 heterocycles. The van der Waals surface area contributed by atoms with Crippen molar-refractivity contribution in [2.24, 2.45) is 5.92 Å². The zero-order valence-electron chi connectivity index (χ0n) is 13.7. The summed E-state index contributed by atoms with van der Waals surface area (Å²) in [4.78, 5) is 0. The third-order valence-corrected chi connectivity index (χ3v) is 4.98. The van der Waals surface area contributed by atoms with E-state index in [9.17, 15) is 35.8 Å². The van der Waals surface area contributed by atoms with Gasteiger partial charge in [-0.25, -0.2) is 8.78 Å². The van der Waals surface area contributed by atoms with Crippen LogP contribution in [-0.2, 0) is 23.9 Å². The summed E-state index contributed by atoms with van der Waals surface area (Å²) < 4.78 is 97.0. The van der Waals surface area contributed by atoms with E-state index >= 15 is 0 Å². The Morgan fingerprint density at radius 2 is 1.92 bits per heavy atom. The van der Waals surface area contributed by atoms with E-state index in [0.717, 1.165) is 4.68 Å². The lowest BCUT2D eigenvalue weighted by atomic mass is 9.72. The van der Waals surface area contributed by atoms with Gasteiger partial charge in [-0.2, -0.15) is 27.1 Å². The number of aliphatic hydroxyl groups is 1. The number of alkyl halides is 7. The molecule has 1 N–H and O–H groups in total. The van der Waals surface area contributed by atoms with Crippen LogP contribution in [0.5, 0.6) is 0 Å². The molecule has 0 radical (unpaired) electrons. The fourth-order valence-corrected chi connectivity index (χ4v) is 3.90. The number of ether oxygens (including phenoxy) is 1. The molecule has 2 aliphatic carbocycles. The number of hydrogen-bond acceptors (Lipinski definition) is 3. The lowest BCUT2D eigenvalue weighted by molar-refractivity contribution is -0.240. The molecule has 1 fully saturated rings. The molecule has 1 unspecified atom stereocenters. The van der Waals surface area contributed by atoms with Gasteiger partial charge in [0.1, 0.15) is 6.10 Å². The van der Waals surface area contributed by atoms with Crippen LogP contribution in [0, 0.1) is 5.92 Å². The molecule has 0 saturated heterocycles. The Labute approximate surface area is 143 Å². The van der Waals surface area contributed by atoms with Gasteiger partial charge in [-0.3, -0.25) is 4.68 Å². The predicted octanol–water partition coefficient (Wildman–Crippen LogP) is 3.92. The van der Waals surface area contributed by atoms with Crippen LogP contribution < -0.4 is 0 Å². The number of aliphatic hydroxyl groups excluding tert-OH is 1. The zero-order valence-corrected chi connectivity index (χ0v) is 13.7. The minimum atomic E-state index is -4.99. The Morgan fingerprint density at radius 1 is 1.31 bits per heavy atom. The second-order valence-electron chi connectivity index (χ2n) is 7.16. The molecule has 2 aliphatic rings. The summed E-state index contributed by atoms with van der Waals surface area (Å²) in [6, 6.07) is 0. The van der Waals surface area contributed by atoms with Crippen LogP contribution in [0.25, 0.3) is 0 Å². The second kappa shape index (κ2) is 6.08. The normalized spacial score (nSPS) is 31.0. The van der Waals surface area contributed by atoms with E-state index in [1.54, 1.807) is 0 Å². The van der Waals surface area contributed by atoms with Crippen LogP contribution in [0.4, 0.5) is 30.7 Å². The van der Waals surface area contributed by atoms with Gasteiger partial charge in [0.25, 0.3) is 5.92 Å². The third kappa shape index (κ3) is 3.42. The number of fused-ring (bicyclic) bond motifs is 1. The van der Waals surface area contributed by atoms with Crippen molar-refractivity contribution in [2.45, 2.75) is 69.6 Å². The molecular weight excluding hydrogens is 373 g/mol. The monoisotopic (exact) mass is 390 g/mol. The Morgan fingerprint density at radius 3 is 2.46 bits per heavy atom. The summed E-state index contributed by atoms with van der Waals surface area (Å²) in [5.41, 5.74) is -3.56. The van der Waals surface area contributed by atoms with Gasteiger partial charge >= 0.3 is 12.8 Å². The SMILES string of the molecule is C[C@]1(OC(F)F)C[C@@H](Cn2nc(C(F)(F)F)c3c2CCC(F)(F)C3O)C1. The molecule has 1 saturated carbocycles. The third-order valence-electron chi connectivity index (χ3n) is 4.98. The molecule has 1 aromatic rings. The number of nitrogens with zero attached hydrogens (tertiary/aromatic N) is 2. The maximum absolute atomic E-state index is 13.7. The molecule has 0 spiro atoms. The number of halogens is 7. The number of hydrogen-bond donors (Lipinski definition) is 1. The van der Waals surface area contributed by atoms with E-state index in [1.807, 2.05) is 0 Å². The molecular formula is C15H17F7N2O2. The van der Waals surface area contributed by atoms with E-state index in [1.165, 1.54) is 6.92 Å². The lowest BCUT2D eigenvalue weighted by Gasteiger charge is -2.44. The van der Waals surface area contributed by atoms with Gasteiger partial charge in [0.15, 0.2) is 5.69 Å². The minimum Gasteiger partial charge on any atom is -0.382 e. The van der Waals surface area contributed by atoms with E-state index < -0.39 is 48.1 Å². The first-order chi connectivity index (χ1) is 11.8. The largest absolute Gasteiger partial charge is 0.435 e. The Balaban J connectivity index is 1.84. The average Bonchev–Trinajstić information content (AvgIpc) is 2.80. The van der Waals surface area contributed by atoms with Crippen molar-refractivity contribution in [3.63, 3.8) is 0 Å². The molecule has 11 heteroatoms. The highest BCUT2D eigenvalue weighted by atomic mass is 19.4. The average molecular weight is 390 g/mol. The molecule has 1 aromatic heterocycles. The van der Waals surface area contributed by atoms with Crippen LogP contribution in [0.15, 0.2) is 0 Å². The van der Waals surface area contributed by atoms with E-state index in [0.29, 0.717) is 0 Å². The van der Waals surface area contributed by atoms with Crippen LogP contribution in [0.1, 0.15) is 49.2 Å². The topological polar surface area (TPSA) is 47.3 Å². The van der Waals surface area contributed by atoms with E-state index in [2.05, 4.69) is 9.84 Å². The maximum atomic E-state index is 13.7. The first-order valence-corrected chi connectivity index (χ1v) is 8.01. The highest BCUT2D eigenvalue weighted by Crippen LogP contribution is 2.48. The van der Waals surface area contributed by atoms with Crippen molar-refractivity contribution in [2.75, 3.05) is 0 Å². The molecule has 0 aliphatic heterocycles. The van der Waals surface area contributed by atoms with Gasteiger partial charge in [-0.1, -0.05) is 0 Å². The van der Waals surface area contributed by atoms with Gasteiger partial charge < -0.3 is 9.84 Å². The summed E-state index contributed by atoms with van der Waals surface area (Å²) in [6.07, 6.45) is -8.35. The number of aromatic nitrogens is 2. The van der Waals surface area contributed by atoms with Gasteiger partial charge in [-0.05, 0) is 32.1 Å². The minimum absolute atomic E-state index is 0.0428. The summed E-state index contributed by atoms with van der Waals surface area (Å²) in [7, 11) is 0. The second-order valence-corrected chi connectivity index (χ2v) is 7.16. The Bertz CT molecular complexity index is 680. The van der Waals surface area contributed by atoms with Crippen LogP contribution in [-0.4, -0.2) is 33.0 Å². The van der Waals surface area contributed by atoms with Gasteiger partial charge in [0.2, 0.25) is 0 Å². The molecule has 4 nitrogen and oxygen atoms in total. The molecule has 0 aromatic carbocycles. The van der Waals surface area contributed by atoms with Crippen molar-refractivity contribution in [1.82, 2.24) is 9.78 Å². The summed E-state index contributed by atoms with van der Waals surface area (Å²) in [5.74, 6) is -3.94. The van der Waals surface area contributed by atoms with Crippen molar-refractivity contribution >= 4 is 0 Å². The van der Waals surface area contributed by atoms with Crippen molar-refractivity contribution in [3.8, 4) is 0 Å². The molecule has 148 valence electrons. The first-order valence-electron chi connectivity index (χ1n) is 8.01. The Hall–Kier alpha value is -1.36. The molecule has 1 atom stereocenters. The first kappa shape index (κ1) is 19.4. The standard InChI is InChI=1S/C15H17F7N2O2/c1-13(26-12(16)17)4-7(5-13)6-24-8-2-3-14(18,19)11(25)9(8)10(23-24)15(20,21)22/h7,11-12,25H,2-6H2,1H3/t7-,11?,13+. The fraction of sp³-hybridized carbons (Fsp3) is 0.800. The van der Waals surface area contributed by atoms with Gasteiger partial charge in [0, 0.05) is 24.2 Å². The summed E-state index contributed by atoms with van der Waals surface area (Å²) in [5, 5.41) is 13.1. The van der Waals surface area contributed by atoms with Crippen molar-refractivity contribution in [1.29, 1.82) is 0 Å². The molecule has 0 bridgehead atoms. The van der Waals surface area contributed by atoms with Crippen molar-refractivity contribution < 1.29 is 40.6 Å². The van der Waals surface area contributed by atoms with Crippen LogP contribution in [0.2, 0.25) is 0 Å². The predicted molar refractivity (Wildman–Crippen MR) is 73.7 cm³/mol. The highest BCUT2D eigenvalue weighted by molar-refractivity contribution is 5.35. The van der Waals surface area contributed by atoms with Crippen LogP contribution >= 0.6 is 0 Å². The summed E-state index contributed by atoms with van der Waals surface area (Å²) in [6.45, 7) is -1.52. The van der Waals surface area contributed by atoms with Gasteiger partial charge in [-0.15, -0.1) is 0 Å².